The van der Waals surface area contributed by atoms with Crippen LogP contribution in [0.1, 0.15) is 148 Å². The van der Waals surface area contributed by atoms with Gasteiger partial charge in [-0.1, -0.05) is 142 Å². The molecule has 160 valence electrons. The van der Waals surface area contributed by atoms with Gasteiger partial charge in [0.1, 0.15) is 0 Å². The van der Waals surface area contributed by atoms with Gasteiger partial charge in [-0.05, 0) is 13.0 Å². The van der Waals surface area contributed by atoms with Gasteiger partial charge in [-0.3, -0.25) is 0 Å². The summed E-state index contributed by atoms with van der Waals surface area (Å²) in [6, 6.07) is 0. The first-order valence-corrected chi connectivity index (χ1v) is 12.1. The predicted octanol–water partition coefficient (Wildman–Crippen LogP) is 8.97. The molecule has 0 aromatic heterocycles. The van der Waals surface area contributed by atoms with Gasteiger partial charge in [0.15, 0.2) is 0 Å². The molecule has 0 aliphatic rings. The Morgan fingerprint density at radius 2 is 0.538 bits per heavy atom. The van der Waals surface area contributed by atoms with Gasteiger partial charge in [-0.25, -0.2) is 0 Å². The quantitative estimate of drug-likeness (QED) is 0.183. The van der Waals surface area contributed by atoms with Crippen molar-refractivity contribution in [2.24, 2.45) is 5.73 Å². The Morgan fingerprint density at radius 1 is 0.346 bits per heavy atom. The van der Waals surface area contributed by atoms with E-state index in [1.54, 1.807) is 0 Å². The van der Waals surface area contributed by atoms with E-state index in [9.17, 15) is 0 Å². The highest BCUT2D eigenvalue weighted by Crippen LogP contribution is 2.15. The van der Waals surface area contributed by atoms with Crippen molar-refractivity contribution in [3.05, 3.63) is 0 Å². The Morgan fingerprint density at radius 3 is 0.731 bits per heavy atom. The summed E-state index contributed by atoms with van der Waals surface area (Å²) in [5.74, 6) is 0. The van der Waals surface area contributed by atoms with Crippen molar-refractivity contribution in [3.8, 4) is 0 Å². The van der Waals surface area contributed by atoms with Crippen LogP contribution in [0.15, 0.2) is 0 Å². The number of unbranched alkanes of at least 4 members (excludes halogenated alkanes) is 21. The van der Waals surface area contributed by atoms with E-state index in [2.05, 4.69) is 6.92 Å². The largest absolute Gasteiger partial charge is 0.330 e. The van der Waals surface area contributed by atoms with E-state index in [0.29, 0.717) is 0 Å². The maximum Gasteiger partial charge on any atom is -0.00773 e. The van der Waals surface area contributed by atoms with Crippen LogP contribution < -0.4 is 5.73 Å². The van der Waals surface area contributed by atoms with Gasteiger partial charge < -0.3 is 5.73 Å². The molecule has 0 amide bonds. The molecule has 0 rings (SSSR count). The van der Waals surface area contributed by atoms with E-state index in [1.807, 2.05) is 0 Å². The number of rotatable bonds is 22. The molecule has 0 aliphatic heterocycles. The average molecular weight is 390 g/mol. The SMILES string of the molecule is CCCCCCCCCCCCCCCCCCCCCCCCN.Cl. The second-order valence-corrected chi connectivity index (χ2v) is 8.21. The number of hydrogen-bond donors (Lipinski definition) is 1. The summed E-state index contributed by atoms with van der Waals surface area (Å²) < 4.78 is 0. The maximum absolute atomic E-state index is 5.51. The van der Waals surface area contributed by atoms with E-state index >= 15 is 0 Å². The Bertz CT molecular complexity index is 198. The van der Waals surface area contributed by atoms with Gasteiger partial charge in [-0.15, -0.1) is 12.4 Å². The zero-order valence-electron chi connectivity index (χ0n) is 18.2. The highest BCUT2D eigenvalue weighted by molar-refractivity contribution is 5.85. The van der Waals surface area contributed by atoms with Crippen molar-refractivity contribution >= 4 is 12.4 Å². The molecule has 0 heterocycles. The van der Waals surface area contributed by atoms with Gasteiger partial charge in [0.2, 0.25) is 0 Å². The Balaban J connectivity index is 0. The third kappa shape index (κ3) is 26.5. The fourth-order valence-electron chi connectivity index (χ4n) is 3.75. The molecule has 26 heavy (non-hydrogen) atoms. The first-order valence-electron chi connectivity index (χ1n) is 12.1. The van der Waals surface area contributed by atoms with Crippen LogP contribution >= 0.6 is 12.4 Å². The lowest BCUT2D eigenvalue weighted by Crippen LogP contribution is -1.97. The standard InChI is InChI=1S/C24H51N.ClH/c1-2-3-4-5-6-7-8-9-10-11-12-13-14-15-16-17-18-19-20-21-22-23-24-25;/h2-25H2,1H3;1H. The molecule has 0 unspecified atom stereocenters. The van der Waals surface area contributed by atoms with E-state index in [4.69, 9.17) is 5.73 Å². The normalized spacial score (nSPS) is 10.8. The highest BCUT2D eigenvalue weighted by atomic mass is 35.5. The molecule has 2 N–H and O–H groups in total. The maximum atomic E-state index is 5.51. The Kier molecular flexibility index (Phi) is 30.1. The lowest BCUT2D eigenvalue weighted by Gasteiger charge is -2.04. The van der Waals surface area contributed by atoms with Crippen molar-refractivity contribution in [3.63, 3.8) is 0 Å². The minimum Gasteiger partial charge on any atom is -0.330 e. The van der Waals surface area contributed by atoms with Gasteiger partial charge >= 0.3 is 0 Å². The molecule has 0 saturated heterocycles. The van der Waals surface area contributed by atoms with Crippen LogP contribution in [0.25, 0.3) is 0 Å². The lowest BCUT2D eigenvalue weighted by molar-refractivity contribution is 0.519. The van der Waals surface area contributed by atoms with Crippen LogP contribution in [0.4, 0.5) is 0 Å². The molecule has 0 bridgehead atoms. The Hall–Kier alpha value is 0.250. The third-order valence-corrected chi connectivity index (χ3v) is 5.56. The van der Waals surface area contributed by atoms with Crippen molar-refractivity contribution in [2.75, 3.05) is 6.54 Å². The van der Waals surface area contributed by atoms with Crippen molar-refractivity contribution in [1.29, 1.82) is 0 Å². The van der Waals surface area contributed by atoms with Crippen LogP contribution in [-0.4, -0.2) is 6.54 Å². The Labute approximate surface area is 173 Å². The fraction of sp³-hybridized carbons (Fsp3) is 1.00. The molecular formula is C24H52ClN. The van der Waals surface area contributed by atoms with E-state index in [1.165, 1.54) is 141 Å². The molecule has 0 atom stereocenters. The van der Waals surface area contributed by atoms with Gasteiger partial charge in [-0.2, -0.15) is 0 Å². The molecular weight excluding hydrogens is 338 g/mol. The number of nitrogens with two attached hydrogens (primary N) is 1. The highest BCUT2D eigenvalue weighted by Gasteiger charge is 1.95. The van der Waals surface area contributed by atoms with Gasteiger partial charge in [0, 0.05) is 0 Å². The molecule has 0 saturated carbocycles. The number of hydrogen-bond acceptors (Lipinski definition) is 1. The molecule has 0 aliphatic carbocycles. The minimum absolute atomic E-state index is 0. The van der Waals surface area contributed by atoms with Crippen LogP contribution in [0, 0.1) is 0 Å². The number of halogens is 1. The average Bonchev–Trinajstić information content (AvgIpc) is 2.63. The van der Waals surface area contributed by atoms with E-state index in [-0.39, 0.29) is 12.4 Å². The minimum atomic E-state index is 0. The van der Waals surface area contributed by atoms with Crippen molar-refractivity contribution in [2.45, 2.75) is 148 Å². The van der Waals surface area contributed by atoms with E-state index < -0.39 is 0 Å². The molecule has 0 radical (unpaired) electrons. The third-order valence-electron chi connectivity index (χ3n) is 5.56. The lowest BCUT2D eigenvalue weighted by atomic mass is 10.0. The van der Waals surface area contributed by atoms with Crippen LogP contribution in [0.5, 0.6) is 0 Å². The molecule has 0 fully saturated rings. The van der Waals surface area contributed by atoms with Crippen molar-refractivity contribution < 1.29 is 0 Å². The smallest absolute Gasteiger partial charge is 0.00773 e. The topological polar surface area (TPSA) is 26.0 Å². The first-order chi connectivity index (χ1) is 12.4. The fourth-order valence-corrected chi connectivity index (χ4v) is 3.75. The van der Waals surface area contributed by atoms with E-state index in [0.717, 1.165) is 6.54 Å². The molecule has 2 heteroatoms. The summed E-state index contributed by atoms with van der Waals surface area (Å²) in [5.41, 5.74) is 5.51. The van der Waals surface area contributed by atoms with Crippen LogP contribution in [0.3, 0.4) is 0 Å². The predicted molar refractivity (Wildman–Crippen MR) is 124 cm³/mol. The van der Waals surface area contributed by atoms with Gasteiger partial charge in [0.25, 0.3) is 0 Å². The second-order valence-electron chi connectivity index (χ2n) is 8.21. The molecule has 0 aromatic carbocycles. The summed E-state index contributed by atoms with van der Waals surface area (Å²) in [6.07, 6.45) is 31.8. The second kappa shape index (κ2) is 27.5. The first kappa shape index (κ1) is 28.5. The zero-order valence-corrected chi connectivity index (χ0v) is 19.1. The van der Waals surface area contributed by atoms with Gasteiger partial charge in [0.05, 0.1) is 0 Å². The summed E-state index contributed by atoms with van der Waals surface area (Å²) >= 11 is 0. The monoisotopic (exact) mass is 389 g/mol. The molecule has 0 spiro atoms. The summed E-state index contributed by atoms with van der Waals surface area (Å²) in [6.45, 7) is 3.17. The van der Waals surface area contributed by atoms with Crippen LogP contribution in [0.2, 0.25) is 0 Å². The van der Waals surface area contributed by atoms with Crippen molar-refractivity contribution in [1.82, 2.24) is 0 Å². The molecule has 1 nitrogen and oxygen atoms in total. The molecule has 0 aromatic rings. The summed E-state index contributed by atoms with van der Waals surface area (Å²) in [5, 5.41) is 0. The summed E-state index contributed by atoms with van der Waals surface area (Å²) in [4.78, 5) is 0. The summed E-state index contributed by atoms with van der Waals surface area (Å²) in [7, 11) is 0. The van der Waals surface area contributed by atoms with Crippen LogP contribution in [-0.2, 0) is 0 Å². The zero-order chi connectivity index (χ0) is 18.3.